The minimum absolute atomic E-state index is 0.00387. The Morgan fingerprint density at radius 2 is 2.09 bits per heavy atom. The molecule has 1 aliphatic rings. The minimum atomic E-state index is -0.00387. The molecular weight excluding hydrogens is 310 g/mol. The number of rotatable bonds is 4. The number of anilines is 1. The monoisotopic (exact) mass is 329 g/mol. The van der Waals surface area contributed by atoms with E-state index in [1.807, 2.05) is 42.2 Å². The highest BCUT2D eigenvalue weighted by molar-refractivity contribution is 7.15. The molecule has 0 saturated carbocycles. The van der Waals surface area contributed by atoms with Crippen molar-refractivity contribution >= 4 is 28.3 Å². The van der Waals surface area contributed by atoms with Gasteiger partial charge >= 0.3 is 0 Å². The second-order valence-electron chi connectivity index (χ2n) is 5.53. The van der Waals surface area contributed by atoms with E-state index in [4.69, 9.17) is 0 Å². The van der Waals surface area contributed by atoms with E-state index in [1.54, 1.807) is 0 Å². The third-order valence-corrected chi connectivity index (χ3v) is 4.76. The first-order chi connectivity index (χ1) is 11.2. The molecule has 2 heterocycles. The summed E-state index contributed by atoms with van der Waals surface area (Å²) in [4.78, 5) is 31.6. The maximum atomic E-state index is 12.5. The molecule has 120 valence electrons. The molecule has 0 fully saturated rings. The van der Waals surface area contributed by atoms with Crippen molar-refractivity contribution in [1.82, 2.24) is 9.88 Å². The van der Waals surface area contributed by atoms with E-state index in [-0.39, 0.29) is 11.8 Å². The van der Waals surface area contributed by atoms with E-state index in [9.17, 15) is 9.59 Å². The summed E-state index contributed by atoms with van der Waals surface area (Å²) in [6, 6.07) is 9.31. The van der Waals surface area contributed by atoms with Gasteiger partial charge in [0.25, 0.3) is 5.91 Å². The highest BCUT2D eigenvalue weighted by atomic mass is 32.1. The normalized spacial score (nSPS) is 13.5. The number of carbonyl (C=O) groups excluding carboxylic acids is 2. The number of hydrogen-bond acceptors (Lipinski definition) is 4. The van der Waals surface area contributed by atoms with Gasteiger partial charge in [-0.15, -0.1) is 0 Å². The zero-order valence-electron chi connectivity index (χ0n) is 13.0. The standard InChI is InChI=1S/C17H19N3O2S/c1-2-6-15(21)19-17-18-13-9-10-20(11-14(13)23-17)16(22)12-7-4-3-5-8-12/h3-5,7-8H,2,6,9-11H2,1H3,(H,18,19,21). The first kappa shape index (κ1) is 15.7. The zero-order chi connectivity index (χ0) is 16.2. The molecule has 0 aliphatic carbocycles. The molecular formula is C17H19N3O2S. The Labute approximate surface area is 139 Å². The van der Waals surface area contributed by atoms with Crippen LogP contribution in [0.2, 0.25) is 0 Å². The van der Waals surface area contributed by atoms with Gasteiger partial charge in [0.05, 0.1) is 12.2 Å². The fourth-order valence-corrected chi connectivity index (χ4v) is 3.63. The molecule has 1 aliphatic heterocycles. The number of aromatic nitrogens is 1. The Balaban J connectivity index is 1.70. The van der Waals surface area contributed by atoms with Crippen molar-refractivity contribution in [3.63, 3.8) is 0 Å². The molecule has 0 spiro atoms. The van der Waals surface area contributed by atoms with E-state index in [2.05, 4.69) is 10.3 Å². The Bertz CT molecular complexity index is 712. The van der Waals surface area contributed by atoms with Crippen molar-refractivity contribution in [2.24, 2.45) is 0 Å². The van der Waals surface area contributed by atoms with E-state index in [1.165, 1.54) is 11.3 Å². The molecule has 1 N–H and O–H groups in total. The van der Waals surface area contributed by atoms with Crippen LogP contribution < -0.4 is 5.32 Å². The van der Waals surface area contributed by atoms with E-state index < -0.39 is 0 Å². The fraction of sp³-hybridized carbons (Fsp3) is 0.353. The van der Waals surface area contributed by atoms with Crippen molar-refractivity contribution in [2.45, 2.75) is 32.7 Å². The van der Waals surface area contributed by atoms with Gasteiger partial charge in [0, 0.05) is 29.8 Å². The SMILES string of the molecule is CCCC(=O)Nc1nc2c(s1)CN(C(=O)c1ccccc1)CC2. The van der Waals surface area contributed by atoms with Gasteiger partial charge in [-0.05, 0) is 18.6 Å². The molecule has 1 aromatic heterocycles. The molecule has 2 aromatic rings. The highest BCUT2D eigenvalue weighted by Crippen LogP contribution is 2.29. The van der Waals surface area contributed by atoms with Gasteiger partial charge in [0.2, 0.25) is 5.91 Å². The number of nitrogens with one attached hydrogen (secondary N) is 1. The van der Waals surface area contributed by atoms with Gasteiger partial charge in [-0.25, -0.2) is 4.98 Å². The summed E-state index contributed by atoms with van der Waals surface area (Å²) >= 11 is 1.47. The Kier molecular flexibility index (Phi) is 4.71. The van der Waals surface area contributed by atoms with E-state index >= 15 is 0 Å². The van der Waals surface area contributed by atoms with Crippen LogP contribution in [0, 0.1) is 0 Å². The Morgan fingerprint density at radius 1 is 1.30 bits per heavy atom. The topological polar surface area (TPSA) is 62.3 Å². The lowest BCUT2D eigenvalue weighted by Gasteiger charge is -2.26. The van der Waals surface area contributed by atoms with Gasteiger partial charge in [0.1, 0.15) is 0 Å². The predicted molar refractivity (Wildman–Crippen MR) is 90.5 cm³/mol. The average Bonchev–Trinajstić information content (AvgIpc) is 2.96. The summed E-state index contributed by atoms with van der Waals surface area (Å²) in [5.41, 5.74) is 1.70. The zero-order valence-corrected chi connectivity index (χ0v) is 13.9. The molecule has 5 nitrogen and oxygen atoms in total. The number of carbonyl (C=O) groups is 2. The van der Waals surface area contributed by atoms with Crippen LogP contribution in [0.25, 0.3) is 0 Å². The first-order valence-electron chi connectivity index (χ1n) is 7.80. The summed E-state index contributed by atoms with van der Waals surface area (Å²) in [5, 5.41) is 3.48. The molecule has 0 bridgehead atoms. The number of amides is 2. The maximum absolute atomic E-state index is 12.5. The molecule has 6 heteroatoms. The number of nitrogens with zero attached hydrogens (tertiary/aromatic N) is 2. The lowest BCUT2D eigenvalue weighted by Crippen LogP contribution is -2.35. The van der Waals surface area contributed by atoms with Crippen LogP contribution in [0.3, 0.4) is 0 Å². The second kappa shape index (κ2) is 6.91. The molecule has 0 radical (unpaired) electrons. The van der Waals surface area contributed by atoms with Crippen LogP contribution in [0.5, 0.6) is 0 Å². The number of fused-ring (bicyclic) bond motifs is 1. The lowest BCUT2D eigenvalue weighted by molar-refractivity contribution is -0.116. The van der Waals surface area contributed by atoms with Crippen molar-refractivity contribution in [3.05, 3.63) is 46.5 Å². The number of benzene rings is 1. The van der Waals surface area contributed by atoms with Crippen molar-refractivity contribution < 1.29 is 9.59 Å². The molecule has 1 aromatic carbocycles. The van der Waals surface area contributed by atoms with E-state index in [0.717, 1.165) is 23.4 Å². The van der Waals surface area contributed by atoms with Gasteiger partial charge in [-0.1, -0.05) is 36.5 Å². The van der Waals surface area contributed by atoms with Gasteiger partial charge < -0.3 is 10.2 Å². The number of hydrogen-bond donors (Lipinski definition) is 1. The summed E-state index contributed by atoms with van der Waals surface area (Å²) in [6.07, 6.45) is 2.05. The summed E-state index contributed by atoms with van der Waals surface area (Å²) in [7, 11) is 0. The molecule has 0 unspecified atom stereocenters. The van der Waals surface area contributed by atoms with Crippen LogP contribution >= 0.6 is 11.3 Å². The van der Waals surface area contributed by atoms with Crippen LogP contribution in [0.15, 0.2) is 30.3 Å². The highest BCUT2D eigenvalue weighted by Gasteiger charge is 2.25. The first-order valence-corrected chi connectivity index (χ1v) is 8.61. The smallest absolute Gasteiger partial charge is 0.254 e. The Morgan fingerprint density at radius 3 is 2.83 bits per heavy atom. The van der Waals surface area contributed by atoms with Crippen LogP contribution in [0.1, 0.15) is 40.7 Å². The largest absolute Gasteiger partial charge is 0.333 e. The lowest BCUT2D eigenvalue weighted by atomic mass is 10.1. The van der Waals surface area contributed by atoms with Gasteiger partial charge in [-0.2, -0.15) is 0 Å². The van der Waals surface area contributed by atoms with Crippen LogP contribution in [-0.2, 0) is 17.8 Å². The third kappa shape index (κ3) is 3.59. The van der Waals surface area contributed by atoms with Crippen molar-refractivity contribution in [3.8, 4) is 0 Å². The molecule has 2 amide bonds. The fourth-order valence-electron chi connectivity index (χ4n) is 2.59. The summed E-state index contributed by atoms with van der Waals surface area (Å²) in [5.74, 6) is 0.0389. The van der Waals surface area contributed by atoms with E-state index in [0.29, 0.717) is 30.2 Å². The third-order valence-electron chi connectivity index (χ3n) is 3.76. The maximum Gasteiger partial charge on any atom is 0.254 e. The van der Waals surface area contributed by atoms with Crippen molar-refractivity contribution in [1.29, 1.82) is 0 Å². The van der Waals surface area contributed by atoms with Crippen molar-refractivity contribution in [2.75, 3.05) is 11.9 Å². The van der Waals surface area contributed by atoms with Gasteiger partial charge in [0.15, 0.2) is 5.13 Å². The summed E-state index contributed by atoms with van der Waals surface area (Å²) < 4.78 is 0. The summed E-state index contributed by atoms with van der Waals surface area (Å²) in [6.45, 7) is 3.19. The molecule has 0 atom stereocenters. The number of thiazole rings is 1. The molecule has 23 heavy (non-hydrogen) atoms. The van der Waals surface area contributed by atoms with Crippen LogP contribution in [-0.4, -0.2) is 28.2 Å². The quantitative estimate of drug-likeness (QED) is 0.937. The predicted octanol–water partition coefficient (Wildman–Crippen LogP) is 3.08. The average molecular weight is 329 g/mol. The second-order valence-corrected chi connectivity index (χ2v) is 6.61. The van der Waals surface area contributed by atoms with Gasteiger partial charge in [-0.3, -0.25) is 9.59 Å². The molecule has 0 saturated heterocycles. The Hall–Kier alpha value is -2.21. The van der Waals surface area contributed by atoms with Crippen LogP contribution in [0.4, 0.5) is 5.13 Å². The minimum Gasteiger partial charge on any atom is -0.333 e. The molecule has 3 rings (SSSR count).